The van der Waals surface area contributed by atoms with Gasteiger partial charge in [0.15, 0.2) is 11.7 Å². The summed E-state index contributed by atoms with van der Waals surface area (Å²) in [4.78, 5) is 25.5. The fraction of sp³-hybridized carbons (Fsp3) is 0.185. The van der Waals surface area contributed by atoms with Crippen LogP contribution in [0.2, 0.25) is 0 Å². The maximum atomic E-state index is 12.8. The van der Waals surface area contributed by atoms with Gasteiger partial charge in [0.05, 0.1) is 17.7 Å². The van der Waals surface area contributed by atoms with E-state index in [1.807, 2.05) is 54.6 Å². The normalized spacial score (nSPS) is 13.9. The summed E-state index contributed by atoms with van der Waals surface area (Å²) in [5.41, 5.74) is 4.44. The Morgan fingerprint density at radius 3 is 2.53 bits per heavy atom. The standard InChI is InChI=1S/C27H25NO4/c1-3-32-27(31)25-18(2)28(16-15-19-9-5-4-6-10-19)26(30)23(25)17-22-21-12-8-7-11-20(21)13-14-24(22)29/h4-14,17,30H,3,15-16H2,1-2H3. The van der Waals surface area contributed by atoms with Crippen LogP contribution in [-0.4, -0.2) is 28.0 Å². The summed E-state index contributed by atoms with van der Waals surface area (Å²) < 4.78 is 6.98. The van der Waals surface area contributed by atoms with E-state index in [2.05, 4.69) is 0 Å². The van der Waals surface area contributed by atoms with Gasteiger partial charge in [-0.15, -0.1) is 0 Å². The van der Waals surface area contributed by atoms with Crippen molar-refractivity contribution in [1.82, 2.24) is 4.57 Å². The summed E-state index contributed by atoms with van der Waals surface area (Å²) in [7, 11) is 0. The number of hydrogen-bond acceptors (Lipinski definition) is 4. The summed E-state index contributed by atoms with van der Waals surface area (Å²) in [6.07, 6.45) is 5.58. The van der Waals surface area contributed by atoms with E-state index in [1.165, 1.54) is 6.08 Å². The number of benzene rings is 2. The Bertz CT molecular complexity index is 1230. The van der Waals surface area contributed by atoms with Crippen LogP contribution in [0.1, 0.15) is 45.2 Å². The topological polar surface area (TPSA) is 68.5 Å². The number of ether oxygens (including phenoxy) is 1. The van der Waals surface area contributed by atoms with Crippen molar-refractivity contribution in [2.24, 2.45) is 0 Å². The van der Waals surface area contributed by atoms with Gasteiger partial charge >= 0.3 is 5.97 Å². The third kappa shape index (κ3) is 4.02. The maximum Gasteiger partial charge on any atom is 0.340 e. The van der Waals surface area contributed by atoms with E-state index in [0.29, 0.717) is 29.8 Å². The summed E-state index contributed by atoms with van der Waals surface area (Å²) in [5.74, 6) is -0.737. The van der Waals surface area contributed by atoms with Crippen molar-refractivity contribution in [1.29, 1.82) is 0 Å². The summed E-state index contributed by atoms with van der Waals surface area (Å²) in [6.45, 7) is 4.23. The average molecular weight is 428 g/mol. The van der Waals surface area contributed by atoms with E-state index in [1.54, 1.807) is 30.6 Å². The molecule has 1 heterocycles. The van der Waals surface area contributed by atoms with Gasteiger partial charge < -0.3 is 14.4 Å². The number of nitrogens with zero attached hydrogens (tertiary/aromatic N) is 1. The van der Waals surface area contributed by atoms with E-state index in [-0.39, 0.29) is 23.8 Å². The number of allylic oxidation sites excluding steroid dienone is 2. The SMILES string of the molecule is CCOC(=O)c1c(C=C2C(=O)C=Cc3ccccc32)c(O)n(CCc2ccccc2)c1C. The molecule has 0 saturated heterocycles. The minimum atomic E-state index is -0.516. The molecule has 0 atom stereocenters. The first-order valence-corrected chi connectivity index (χ1v) is 10.7. The lowest BCUT2D eigenvalue weighted by atomic mass is 9.90. The number of carbonyl (C=O) groups is 2. The van der Waals surface area contributed by atoms with E-state index >= 15 is 0 Å². The first-order chi connectivity index (χ1) is 15.5. The number of hydrogen-bond donors (Lipinski definition) is 1. The zero-order chi connectivity index (χ0) is 22.7. The molecule has 4 rings (SSSR count). The predicted octanol–water partition coefficient (Wildman–Crippen LogP) is 5.06. The van der Waals surface area contributed by atoms with Crippen molar-refractivity contribution in [2.75, 3.05) is 6.61 Å². The summed E-state index contributed by atoms with van der Waals surface area (Å²) in [6, 6.07) is 17.5. The molecular formula is C27H25NO4. The number of aromatic hydroxyl groups is 1. The van der Waals surface area contributed by atoms with Crippen molar-refractivity contribution in [3.8, 4) is 5.88 Å². The number of rotatable bonds is 6. The Balaban J connectivity index is 1.82. The van der Waals surface area contributed by atoms with E-state index in [9.17, 15) is 14.7 Å². The maximum absolute atomic E-state index is 12.8. The Morgan fingerprint density at radius 2 is 1.78 bits per heavy atom. The van der Waals surface area contributed by atoms with Gasteiger partial charge in [-0.05, 0) is 49.1 Å². The second kappa shape index (κ2) is 9.10. The van der Waals surface area contributed by atoms with Crippen LogP contribution in [-0.2, 0) is 22.5 Å². The van der Waals surface area contributed by atoms with Crippen LogP contribution in [0.15, 0.2) is 60.7 Å². The number of carbonyl (C=O) groups excluding carboxylic acids is 2. The number of aryl methyl sites for hydroxylation is 1. The Morgan fingerprint density at radius 1 is 1.06 bits per heavy atom. The van der Waals surface area contributed by atoms with Gasteiger partial charge in [0.2, 0.25) is 0 Å². The molecule has 1 aliphatic carbocycles. The molecule has 162 valence electrons. The van der Waals surface area contributed by atoms with Crippen molar-refractivity contribution in [2.45, 2.75) is 26.8 Å². The fourth-order valence-corrected chi connectivity index (χ4v) is 4.07. The highest BCUT2D eigenvalue weighted by Gasteiger charge is 2.27. The smallest absolute Gasteiger partial charge is 0.340 e. The van der Waals surface area contributed by atoms with Crippen molar-refractivity contribution in [3.63, 3.8) is 0 Å². The van der Waals surface area contributed by atoms with Crippen LogP contribution in [0.3, 0.4) is 0 Å². The van der Waals surface area contributed by atoms with Crippen LogP contribution < -0.4 is 0 Å². The van der Waals surface area contributed by atoms with Gasteiger partial charge in [-0.3, -0.25) is 4.79 Å². The molecule has 1 aliphatic rings. The minimum absolute atomic E-state index is 0.0474. The molecule has 0 saturated carbocycles. The van der Waals surface area contributed by atoms with Gasteiger partial charge in [0.25, 0.3) is 0 Å². The molecule has 0 radical (unpaired) electrons. The van der Waals surface area contributed by atoms with Crippen LogP contribution in [0.5, 0.6) is 5.88 Å². The summed E-state index contributed by atoms with van der Waals surface area (Å²) >= 11 is 0. The van der Waals surface area contributed by atoms with Crippen LogP contribution in [0, 0.1) is 6.92 Å². The van der Waals surface area contributed by atoms with Crippen molar-refractivity contribution < 1.29 is 19.4 Å². The van der Waals surface area contributed by atoms with Gasteiger partial charge in [0, 0.05) is 17.8 Å². The second-order valence-corrected chi connectivity index (χ2v) is 7.65. The van der Waals surface area contributed by atoms with E-state index < -0.39 is 5.97 Å². The zero-order valence-corrected chi connectivity index (χ0v) is 18.2. The summed E-state index contributed by atoms with van der Waals surface area (Å²) in [5, 5.41) is 11.1. The molecular weight excluding hydrogens is 402 g/mol. The number of fused-ring (bicyclic) bond motifs is 1. The fourth-order valence-electron chi connectivity index (χ4n) is 4.07. The molecule has 2 aromatic carbocycles. The first kappa shape index (κ1) is 21.4. The molecule has 0 amide bonds. The average Bonchev–Trinajstić information content (AvgIpc) is 3.04. The largest absolute Gasteiger partial charge is 0.494 e. The lowest BCUT2D eigenvalue weighted by Crippen LogP contribution is -2.09. The zero-order valence-electron chi connectivity index (χ0n) is 18.2. The number of esters is 1. The highest BCUT2D eigenvalue weighted by Crippen LogP contribution is 2.35. The van der Waals surface area contributed by atoms with Gasteiger partial charge in [-0.25, -0.2) is 4.79 Å². The van der Waals surface area contributed by atoms with Gasteiger partial charge in [0.1, 0.15) is 0 Å². The van der Waals surface area contributed by atoms with E-state index in [0.717, 1.165) is 16.7 Å². The quantitative estimate of drug-likeness (QED) is 0.441. The molecule has 5 heteroatoms. The molecule has 0 aliphatic heterocycles. The lowest BCUT2D eigenvalue weighted by molar-refractivity contribution is -0.109. The monoisotopic (exact) mass is 427 g/mol. The van der Waals surface area contributed by atoms with Crippen LogP contribution >= 0.6 is 0 Å². The molecule has 32 heavy (non-hydrogen) atoms. The number of ketones is 1. The van der Waals surface area contributed by atoms with Crippen LogP contribution in [0.4, 0.5) is 0 Å². The molecule has 1 N–H and O–H groups in total. The molecule has 1 aromatic heterocycles. The Kier molecular flexibility index (Phi) is 6.08. The lowest BCUT2D eigenvalue weighted by Gasteiger charge is -2.13. The second-order valence-electron chi connectivity index (χ2n) is 7.65. The van der Waals surface area contributed by atoms with Gasteiger partial charge in [-0.2, -0.15) is 0 Å². The highest BCUT2D eigenvalue weighted by atomic mass is 16.5. The molecule has 0 unspecified atom stereocenters. The molecule has 3 aromatic rings. The molecule has 5 nitrogen and oxygen atoms in total. The third-order valence-electron chi connectivity index (χ3n) is 5.70. The van der Waals surface area contributed by atoms with E-state index in [4.69, 9.17) is 4.74 Å². The Labute approximate surface area is 187 Å². The predicted molar refractivity (Wildman–Crippen MR) is 125 cm³/mol. The molecule has 0 fully saturated rings. The molecule has 0 spiro atoms. The highest BCUT2D eigenvalue weighted by molar-refractivity contribution is 6.33. The van der Waals surface area contributed by atoms with Crippen molar-refractivity contribution in [3.05, 3.63) is 94.2 Å². The molecule has 0 bridgehead atoms. The first-order valence-electron chi connectivity index (χ1n) is 10.7. The van der Waals surface area contributed by atoms with Gasteiger partial charge in [-0.1, -0.05) is 60.7 Å². The van der Waals surface area contributed by atoms with Crippen molar-refractivity contribution >= 4 is 29.5 Å². The van der Waals surface area contributed by atoms with Crippen LogP contribution in [0.25, 0.3) is 17.7 Å². The minimum Gasteiger partial charge on any atom is -0.494 e. The third-order valence-corrected chi connectivity index (χ3v) is 5.70. The Hall–Kier alpha value is -3.86. The number of aromatic nitrogens is 1.